The van der Waals surface area contributed by atoms with Gasteiger partial charge >= 0.3 is 0 Å². The van der Waals surface area contributed by atoms with Crippen LogP contribution in [0.1, 0.15) is 44.2 Å². The Morgan fingerprint density at radius 2 is 1.65 bits per heavy atom. The van der Waals surface area contributed by atoms with Crippen molar-refractivity contribution in [1.29, 1.82) is 0 Å². The largest absolute Gasteiger partial charge is 0.368 e. The van der Waals surface area contributed by atoms with E-state index in [1.165, 1.54) is 43.2 Å². The lowest BCUT2D eigenvalue weighted by molar-refractivity contribution is -0.00702. The minimum absolute atomic E-state index is 0.313. The van der Waals surface area contributed by atoms with E-state index in [9.17, 15) is 0 Å². The first-order valence-electron chi connectivity index (χ1n) is 6.75. The Kier molecular flexibility index (Phi) is 1.72. The Labute approximate surface area is 101 Å². The molecule has 4 saturated carbocycles. The molecule has 92 valence electrons. The highest BCUT2D eigenvalue weighted by atomic mass is 15.4. The molecule has 0 amide bonds. The molecule has 0 unspecified atom stereocenters. The first kappa shape index (κ1) is 9.80. The summed E-state index contributed by atoms with van der Waals surface area (Å²) in [5.74, 6) is 9.05. The fourth-order valence-corrected chi connectivity index (χ4v) is 5.09. The van der Waals surface area contributed by atoms with E-state index in [0.29, 0.717) is 11.4 Å². The second-order valence-electron chi connectivity index (χ2n) is 6.59. The molecule has 0 atom stereocenters. The summed E-state index contributed by atoms with van der Waals surface area (Å²) < 4.78 is 1.48. The minimum atomic E-state index is 0.313. The van der Waals surface area contributed by atoms with Crippen LogP contribution in [0.4, 0.5) is 5.95 Å². The number of nitrogen functional groups attached to an aromatic ring is 2. The highest BCUT2D eigenvalue weighted by Crippen LogP contribution is 2.60. The van der Waals surface area contributed by atoms with Crippen LogP contribution in [-0.2, 0) is 5.41 Å². The standard InChI is InChI=1S/C13H20N4/c14-12-16-11(7-17(12)15)13-4-8-1-9(5-13)3-10(2-8)6-13/h7-10H,1-6,15H2,(H2,14,16). The van der Waals surface area contributed by atoms with Gasteiger partial charge in [0.05, 0.1) is 11.9 Å². The number of imidazole rings is 1. The van der Waals surface area contributed by atoms with E-state index >= 15 is 0 Å². The van der Waals surface area contributed by atoms with E-state index in [4.69, 9.17) is 11.6 Å². The third-order valence-electron chi connectivity index (χ3n) is 5.34. The molecule has 17 heavy (non-hydrogen) atoms. The monoisotopic (exact) mass is 232 g/mol. The number of hydrogen-bond acceptors (Lipinski definition) is 3. The predicted octanol–water partition coefficient (Wildman–Crippen LogP) is 1.65. The maximum absolute atomic E-state index is 5.79. The molecule has 1 aromatic rings. The van der Waals surface area contributed by atoms with Crippen molar-refractivity contribution in [3.05, 3.63) is 11.9 Å². The van der Waals surface area contributed by atoms with Crippen molar-refractivity contribution in [3.8, 4) is 0 Å². The Morgan fingerprint density at radius 3 is 2.06 bits per heavy atom. The smallest absolute Gasteiger partial charge is 0.219 e. The lowest BCUT2D eigenvalue weighted by Crippen LogP contribution is -2.48. The van der Waals surface area contributed by atoms with Crippen LogP contribution in [0.5, 0.6) is 0 Å². The molecule has 4 nitrogen and oxygen atoms in total. The van der Waals surface area contributed by atoms with E-state index in [2.05, 4.69) is 4.98 Å². The number of aromatic nitrogens is 2. The first-order chi connectivity index (χ1) is 8.14. The van der Waals surface area contributed by atoms with Crippen molar-refractivity contribution in [1.82, 2.24) is 9.66 Å². The predicted molar refractivity (Wildman–Crippen MR) is 66.6 cm³/mol. The third kappa shape index (κ3) is 1.27. The van der Waals surface area contributed by atoms with E-state index < -0.39 is 0 Å². The van der Waals surface area contributed by atoms with Crippen molar-refractivity contribution in [3.63, 3.8) is 0 Å². The molecule has 1 aromatic heterocycles. The lowest BCUT2D eigenvalue weighted by atomic mass is 9.49. The van der Waals surface area contributed by atoms with Crippen molar-refractivity contribution < 1.29 is 0 Å². The van der Waals surface area contributed by atoms with E-state index in [-0.39, 0.29) is 0 Å². The van der Waals surface area contributed by atoms with Gasteiger partial charge in [-0.05, 0) is 56.3 Å². The summed E-state index contributed by atoms with van der Waals surface area (Å²) in [7, 11) is 0. The highest BCUT2D eigenvalue weighted by molar-refractivity contribution is 5.29. The zero-order valence-corrected chi connectivity index (χ0v) is 10.1. The fraction of sp³-hybridized carbons (Fsp3) is 0.769. The van der Waals surface area contributed by atoms with Gasteiger partial charge in [0.1, 0.15) is 0 Å². The van der Waals surface area contributed by atoms with Gasteiger partial charge in [-0.1, -0.05) is 0 Å². The van der Waals surface area contributed by atoms with Gasteiger partial charge in [-0.25, -0.2) is 9.66 Å². The van der Waals surface area contributed by atoms with Crippen LogP contribution in [0.25, 0.3) is 0 Å². The second kappa shape index (κ2) is 2.98. The van der Waals surface area contributed by atoms with Crippen LogP contribution in [0.15, 0.2) is 6.20 Å². The molecule has 0 radical (unpaired) electrons. The quantitative estimate of drug-likeness (QED) is 0.723. The molecular formula is C13H20N4. The molecular weight excluding hydrogens is 212 g/mol. The zero-order chi connectivity index (χ0) is 11.6. The molecule has 0 spiro atoms. The summed E-state index contributed by atoms with van der Waals surface area (Å²) in [6.07, 6.45) is 10.3. The summed E-state index contributed by atoms with van der Waals surface area (Å²) >= 11 is 0. The Bertz CT molecular complexity index is 407. The van der Waals surface area contributed by atoms with Crippen LogP contribution in [0, 0.1) is 17.8 Å². The summed E-state index contributed by atoms with van der Waals surface area (Å²) in [5.41, 5.74) is 7.26. The van der Waals surface area contributed by atoms with Gasteiger partial charge in [0.25, 0.3) is 0 Å². The molecule has 5 rings (SSSR count). The van der Waals surface area contributed by atoms with Crippen molar-refractivity contribution in [2.75, 3.05) is 11.6 Å². The highest BCUT2D eigenvalue weighted by Gasteiger charge is 2.52. The zero-order valence-electron chi connectivity index (χ0n) is 10.1. The van der Waals surface area contributed by atoms with Gasteiger partial charge in [0, 0.05) is 5.41 Å². The van der Waals surface area contributed by atoms with Gasteiger partial charge in [-0.15, -0.1) is 0 Å². The van der Waals surface area contributed by atoms with Crippen molar-refractivity contribution >= 4 is 5.95 Å². The van der Waals surface area contributed by atoms with Crippen LogP contribution in [0.2, 0.25) is 0 Å². The van der Waals surface area contributed by atoms with Crippen LogP contribution < -0.4 is 11.6 Å². The lowest BCUT2D eigenvalue weighted by Gasteiger charge is -2.56. The maximum Gasteiger partial charge on any atom is 0.219 e. The molecule has 4 aliphatic rings. The summed E-state index contributed by atoms with van der Waals surface area (Å²) in [6, 6.07) is 0. The second-order valence-corrected chi connectivity index (χ2v) is 6.59. The molecule has 0 aromatic carbocycles. The number of rotatable bonds is 1. The van der Waals surface area contributed by atoms with E-state index in [0.717, 1.165) is 23.4 Å². The molecule has 4 bridgehead atoms. The van der Waals surface area contributed by atoms with Crippen LogP contribution in [0.3, 0.4) is 0 Å². The Hall–Kier alpha value is -1.19. The van der Waals surface area contributed by atoms with Gasteiger partial charge in [-0.2, -0.15) is 0 Å². The van der Waals surface area contributed by atoms with Gasteiger partial charge < -0.3 is 11.6 Å². The molecule has 0 aliphatic heterocycles. The van der Waals surface area contributed by atoms with Gasteiger partial charge in [-0.3, -0.25) is 0 Å². The Morgan fingerprint density at radius 1 is 1.12 bits per heavy atom. The molecule has 1 heterocycles. The van der Waals surface area contributed by atoms with Crippen LogP contribution in [-0.4, -0.2) is 9.66 Å². The summed E-state index contributed by atoms with van der Waals surface area (Å²) in [5, 5.41) is 0. The SMILES string of the molecule is Nc1nc(C23CC4CC(CC(C4)C2)C3)cn1N. The topological polar surface area (TPSA) is 69.9 Å². The Balaban J connectivity index is 1.77. The molecule has 4 heteroatoms. The number of nitrogens with zero attached hydrogens (tertiary/aromatic N) is 2. The molecule has 4 aliphatic carbocycles. The summed E-state index contributed by atoms with van der Waals surface area (Å²) in [6.45, 7) is 0. The first-order valence-corrected chi connectivity index (χ1v) is 6.75. The third-order valence-corrected chi connectivity index (χ3v) is 5.34. The fourth-order valence-electron chi connectivity index (χ4n) is 5.09. The normalized spacial score (nSPS) is 43.2. The minimum Gasteiger partial charge on any atom is -0.368 e. The number of nitrogens with two attached hydrogens (primary N) is 2. The molecule has 0 saturated heterocycles. The van der Waals surface area contributed by atoms with Gasteiger partial charge in [0.2, 0.25) is 5.95 Å². The summed E-state index contributed by atoms with van der Waals surface area (Å²) in [4.78, 5) is 4.52. The number of hydrogen-bond donors (Lipinski definition) is 2. The maximum atomic E-state index is 5.79. The van der Waals surface area contributed by atoms with E-state index in [1.807, 2.05) is 6.20 Å². The molecule has 4 N–H and O–H groups in total. The average Bonchev–Trinajstić information content (AvgIpc) is 2.58. The van der Waals surface area contributed by atoms with E-state index in [1.54, 1.807) is 0 Å². The van der Waals surface area contributed by atoms with Crippen molar-refractivity contribution in [2.24, 2.45) is 17.8 Å². The molecule has 4 fully saturated rings. The van der Waals surface area contributed by atoms with Crippen LogP contribution >= 0.6 is 0 Å². The average molecular weight is 232 g/mol. The van der Waals surface area contributed by atoms with Crippen molar-refractivity contribution in [2.45, 2.75) is 43.9 Å². The number of anilines is 1. The van der Waals surface area contributed by atoms with Gasteiger partial charge in [0.15, 0.2) is 0 Å².